The maximum Gasteiger partial charge on any atom is 0.126 e. The van der Waals surface area contributed by atoms with Crippen LogP contribution in [0, 0.1) is 5.82 Å². The van der Waals surface area contributed by atoms with E-state index in [1.165, 1.54) is 12.1 Å². The first kappa shape index (κ1) is 15.5. The van der Waals surface area contributed by atoms with E-state index in [1.54, 1.807) is 6.07 Å². The fraction of sp³-hybridized carbons (Fsp3) is 0.600. The predicted molar refractivity (Wildman–Crippen MR) is 80.7 cm³/mol. The highest BCUT2D eigenvalue weighted by atomic mass is 35.5. The zero-order valence-corrected chi connectivity index (χ0v) is 12.5. The molecule has 1 saturated heterocycles. The van der Waals surface area contributed by atoms with Crippen LogP contribution in [-0.4, -0.2) is 24.8 Å². The Balaban J connectivity index is 2.14. The average molecular weight is 301 g/mol. The quantitative estimate of drug-likeness (QED) is 0.874. The molecule has 0 radical (unpaired) electrons. The molecule has 0 spiro atoms. The van der Waals surface area contributed by atoms with Gasteiger partial charge in [0.15, 0.2) is 0 Å². The third-order valence-corrected chi connectivity index (χ3v) is 4.04. The van der Waals surface area contributed by atoms with E-state index in [9.17, 15) is 4.39 Å². The van der Waals surface area contributed by atoms with Crippen molar-refractivity contribution in [1.29, 1.82) is 0 Å². The molecule has 0 aliphatic carbocycles. The minimum Gasteiger partial charge on any atom is -0.378 e. The first-order valence-electron chi connectivity index (χ1n) is 7.13. The number of halogens is 2. The molecule has 5 heteroatoms. The third kappa shape index (κ3) is 3.84. The summed E-state index contributed by atoms with van der Waals surface area (Å²) in [7, 11) is 0. The molecule has 0 bridgehead atoms. The Morgan fingerprint density at radius 1 is 1.50 bits per heavy atom. The van der Waals surface area contributed by atoms with Crippen LogP contribution < -0.4 is 11.1 Å². The normalized spacial score (nSPS) is 26.5. The fourth-order valence-corrected chi connectivity index (χ4v) is 3.03. The lowest BCUT2D eigenvalue weighted by Crippen LogP contribution is -2.52. The number of ether oxygens (including phenoxy) is 1. The molecule has 3 nitrogen and oxygen atoms in total. The minimum absolute atomic E-state index is 0.217. The number of nitrogens with two attached hydrogens (primary N) is 1. The zero-order valence-electron chi connectivity index (χ0n) is 11.8. The van der Waals surface area contributed by atoms with Crippen LogP contribution in [0.3, 0.4) is 0 Å². The summed E-state index contributed by atoms with van der Waals surface area (Å²) in [6, 6.07) is 4.48. The van der Waals surface area contributed by atoms with Crippen LogP contribution in [0.25, 0.3) is 0 Å². The summed E-state index contributed by atoms with van der Waals surface area (Å²) >= 11 is 5.90. The minimum atomic E-state index is -0.343. The van der Waals surface area contributed by atoms with Crippen molar-refractivity contribution in [1.82, 2.24) is 0 Å². The van der Waals surface area contributed by atoms with E-state index in [0.717, 1.165) is 25.7 Å². The second-order valence-corrected chi connectivity index (χ2v) is 5.94. The Morgan fingerprint density at radius 2 is 2.30 bits per heavy atom. The number of rotatable bonds is 5. The fourth-order valence-electron chi connectivity index (χ4n) is 2.81. The molecule has 0 aromatic heterocycles. The maximum absolute atomic E-state index is 13.4. The van der Waals surface area contributed by atoms with Gasteiger partial charge in [-0.2, -0.15) is 0 Å². The van der Waals surface area contributed by atoms with Crippen molar-refractivity contribution in [2.45, 2.75) is 44.2 Å². The molecule has 1 aliphatic rings. The molecule has 2 rings (SSSR count). The third-order valence-electron chi connectivity index (χ3n) is 3.83. The summed E-state index contributed by atoms with van der Waals surface area (Å²) in [4.78, 5) is 0. The van der Waals surface area contributed by atoms with E-state index in [1.807, 2.05) is 0 Å². The summed E-state index contributed by atoms with van der Waals surface area (Å²) < 4.78 is 19.2. The molecule has 0 saturated carbocycles. The van der Waals surface area contributed by atoms with E-state index in [2.05, 4.69) is 12.2 Å². The molecular formula is C15H22ClFN2O. The van der Waals surface area contributed by atoms with Gasteiger partial charge in [-0.05, 0) is 37.5 Å². The lowest BCUT2D eigenvalue weighted by Gasteiger charge is -2.41. The van der Waals surface area contributed by atoms with Crippen molar-refractivity contribution in [3.05, 3.63) is 29.0 Å². The van der Waals surface area contributed by atoms with Crippen LogP contribution in [0.2, 0.25) is 5.02 Å². The summed E-state index contributed by atoms with van der Waals surface area (Å²) in [5, 5.41) is 3.77. The standard InChI is InChI=1S/C15H22ClFN2O/c1-2-3-14-9-15(10-18,4-5-20-14)19-13-7-11(16)6-12(17)8-13/h6-8,14,19H,2-5,9-10,18H2,1H3. The van der Waals surface area contributed by atoms with Crippen molar-refractivity contribution in [2.75, 3.05) is 18.5 Å². The van der Waals surface area contributed by atoms with Crippen molar-refractivity contribution in [3.63, 3.8) is 0 Å². The molecule has 1 aliphatic heterocycles. The second kappa shape index (κ2) is 6.74. The highest BCUT2D eigenvalue weighted by molar-refractivity contribution is 6.30. The van der Waals surface area contributed by atoms with E-state index in [0.29, 0.717) is 23.9 Å². The molecule has 1 heterocycles. The largest absolute Gasteiger partial charge is 0.378 e. The summed E-state index contributed by atoms with van der Waals surface area (Å²) in [5.74, 6) is -0.343. The van der Waals surface area contributed by atoms with Gasteiger partial charge in [-0.25, -0.2) is 4.39 Å². The molecule has 2 atom stereocenters. The number of benzene rings is 1. The van der Waals surface area contributed by atoms with Crippen molar-refractivity contribution in [2.24, 2.45) is 5.73 Å². The Labute approximate surface area is 124 Å². The number of hydrogen-bond acceptors (Lipinski definition) is 3. The van der Waals surface area contributed by atoms with Crippen LogP contribution in [0.15, 0.2) is 18.2 Å². The van der Waals surface area contributed by atoms with Crippen molar-refractivity contribution in [3.8, 4) is 0 Å². The van der Waals surface area contributed by atoms with E-state index in [4.69, 9.17) is 22.1 Å². The Hall–Kier alpha value is -0.840. The number of nitrogens with one attached hydrogen (secondary N) is 1. The van der Waals surface area contributed by atoms with Crippen LogP contribution in [-0.2, 0) is 4.74 Å². The molecule has 1 fully saturated rings. The van der Waals surface area contributed by atoms with Gasteiger partial charge in [0.05, 0.1) is 11.6 Å². The molecular weight excluding hydrogens is 279 g/mol. The van der Waals surface area contributed by atoms with Crippen LogP contribution >= 0.6 is 11.6 Å². The average Bonchev–Trinajstić information content (AvgIpc) is 2.38. The van der Waals surface area contributed by atoms with Gasteiger partial charge in [-0.1, -0.05) is 24.9 Å². The highest BCUT2D eigenvalue weighted by Gasteiger charge is 2.35. The van der Waals surface area contributed by atoms with Gasteiger partial charge < -0.3 is 15.8 Å². The summed E-state index contributed by atoms with van der Waals surface area (Å²) in [5.41, 5.74) is 6.41. The zero-order chi connectivity index (χ0) is 14.6. The second-order valence-electron chi connectivity index (χ2n) is 5.50. The van der Waals surface area contributed by atoms with Crippen LogP contribution in [0.1, 0.15) is 32.6 Å². The molecule has 1 aromatic rings. The van der Waals surface area contributed by atoms with E-state index in [-0.39, 0.29) is 17.5 Å². The van der Waals surface area contributed by atoms with Crippen molar-refractivity contribution < 1.29 is 9.13 Å². The van der Waals surface area contributed by atoms with Gasteiger partial charge in [-0.15, -0.1) is 0 Å². The predicted octanol–water partition coefficient (Wildman–Crippen LogP) is 3.57. The van der Waals surface area contributed by atoms with Gasteiger partial charge in [0.1, 0.15) is 5.82 Å². The van der Waals surface area contributed by atoms with Crippen LogP contribution in [0.5, 0.6) is 0 Å². The Morgan fingerprint density at radius 3 is 2.95 bits per heavy atom. The van der Waals surface area contributed by atoms with Gasteiger partial charge in [0.25, 0.3) is 0 Å². The van der Waals surface area contributed by atoms with Crippen LogP contribution in [0.4, 0.5) is 10.1 Å². The molecule has 1 aromatic carbocycles. The molecule has 20 heavy (non-hydrogen) atoms. The first-order chi connectivity index (χ1) is 9.57. The lowest BCUT2D eigenvalue weighted by molar-refractivity contribution is -0.0155. The lowest BCUT2D eigenvalue weighted by atomic mass is 9.85. The maximum atomic E-state index is 13.4. The number of hydrogen-bond donors (Lipinski definition) is 2. The number of anilines is 1. The van der Waals surface area contributed by atoms with Crippen molar-refractivity contribution >= 4 is 17.3 Å². The smallest absolute Gasteiger partial charge is 0.126 e. The molecule has 0 amide bonds. The molecule has 2 unspecified atom stereocenters. The SMILES string of the molecule is CCCC1CC(CN)(Nc2cc(F)cc(Cl)c2)CCO1. The Kier molecular flexibility index (Phi) is 5.24. The Bertz CT molecular complexity index is 435. The molecule has 112 valence electrons. The van der Waals surface area contributed by atoms with Gasteiger partial charge in [-0.3, -0.25) is 0 Å². The summed E-state index contributed by atoms with van der Waals surface area (Å²) in [6.07, 6.45) is 3.97. The van der Waals surface area contributed by atoms with E-state index < -0.39 is 0 Å². The highest BCUT2D eigenvalue weighted by Crippen LogP contribution is 2.31. The van der Waals surface area contributed by atoms with Gasteiger partial charge in [0, 0.05) is 23.9 Å². The first-order valence-corrected chi connectivity index (χ1v) is 7.50. The van der Waals surface area contributed by atoms with E-state index >= 15 is 0 Å². The van der Waals surface area contributed by atoms with Gasteiger partial charge >= 0.3 is 0 Å². The monoisotopic (exact) mass is 300 g/mol. The topological polar surface area (TPSA) is 47.3 Å². The summed E-state index contributed by atoms with van der Waals surface area (Å²) in [6.45, 7) is 3.31. The van der Waals surface area contributed by atoms with Gasteiger partial charge in [0.2, 0.25) is 0 Å². The molecule has 3 N–H and O–H groups in total.